The van der Waals surface area contributed by atoms with Crippen LogP contribution in [0.1, 0.15) is 0 Å². The van der Waals surface area contributed by atoms with Crippen molar-refractivity contribution in [2.45, 2.75) is 6.18 Å². The third kappa shape index (κ3) is 2.69. The fourth-order valence-corrected chi connectivity index (χ4v) is 2.46. The van der Waals surface area contributed by atoms with E-state index < -0.39 is 12.7 Å². The molecule has 1 fully saturated rings. The van der Waals surface area contributed by atoms with E-state index in [2.05, 4.69) is 10.1 Å². The second-order valence-electron chi connectivity index (χ2n) is 4.79. The zero-order valence-electron chi connectivity index (χ0n) is 10.7. The lowest BCUT2D eigenvalue weighted by molar-refractivity contribution is -0.146. The predicted molar refractivity (Wildman–Crippen MR) is 67.7 cm³/mol. The Labute approximate surface area is 113 Å². The summed E-state index contributed by atoms with van der Waals surface area (Å²) in [6.07, 6.45) is 0.947. The zero-order chi connectivity index (χ0) is 14.2. The van der Waals surface area contributed by atoms with Crippen molar-refractivity contribution in [2.75, 3.05) is 37.6 Å². The van der Waals surface area contributed by atoms with Gasteiger partial charge in [0.25, 0.3) is 0 Å². The summed E-state index contributed by atoms with van der Waals surface area (Å²) in [4.78, 5) is 7.75. The molecule has 0 radical (unpaired) electrons. The molecule has 2 aromatic rings. The highest BCUT2D eigenvalue weighted by atomic mass is 19.4. The van der Waals surface area contributed by atoms with Gasteiger partial charge in [-0.25, -0.2) is 9.50 Å². The Hall–Kier alpha value is -1.83. The van der Waals surface area contributed by atoms with Crippen molar-refractivity contribution in [3.63, 3.8) is 0 Å². The topological polar surface area (TPSA) is 36.7 Å². The number of hydrogen-bond donors (Lipinski definition) is 0. The molecule has 0 atom stereocenters. The molecule has 1 aliphatic rings. The quantitative estimate of drug-likeness (QED) is 0.836. The summed E-state index contributed by atoms with van der Waals surface area (Å²) in [5, 5.41) is 4.13. The third-order valence-electron chi connectivity index (χ3n) is 3.38. The van der Waals surface area contributed by atoms with E-state index in [1.807, 2.05) is 11.0 Å². The van der Waals surface area contributed by atoms with Crippen LogP contribution in [0.4, 0.5) is 19.0 Å². The molecular weight excluding hydrogens is 271 g/mol. The summed E-state index contributed by atoms with van der Waals surface area (Å²) < 4.78 is 38.8. The van der Waals surface area contributed by atoms with Crippen LogP contribution in [0.25, 0.3) is 5.52 Å². The molecule has 1 aliphatic heterocycles. The third-order valence-corrected chi connectivity index (χ3v) is 3.38. The molecule has 0 amide bonds. The lowest BCUT2D eigenvalue weighted by Gasteiger charge is -2.35. The molecule has 0 aliphatic carbocycles. The maximum absolute atomic E-state index is 12.3. The van der Waals surface area contributed by atoms with Gasteiger partial charge >= 0.3 is 6.18 Å². The number of rotatable bonds is 2. The molecule has 0 N–H and O–H groups in total. The summed E-state index contributed by atoms with van der Waals surface area (Å²) in [7, 11) is 0. The van der Waals surface area contributed by atoms with Crippen molar-refractivity contribution >= 4 is 11.3 Å². The van der Waals surface area contributed by atoms with Gasteiger partial charge in [-0.3, -0.25) is 4.90 Å². The molecule has 0 spiro atoms. The first-order chi connectivity index (χ1) is 9.53. The van der Waals surface area contributed by atoms with Crippen LogP contribution in [0.5, 0.6) is 0 Å². The number of nitrogens with zero attached hydrogens (tertiary/aromatic N) is 5. The molecule has 3 rings (SSSR count). The van der Waals surface area contributed by atoms with Gasteiger partial charge in [0.2, 0.25) is 0 Å². The van der Waals surface area contributed by atoms with Gasteiger partial charge in [0.05, 0.1) is 12.7 Å². The Bertz CT molecular complexity index is 586. The first kappa shape index (κ1) is 13.2. The fourth-order valence-electron chi connectivity index (χ4n) is 2.46. The maximum Gasteiger partial charge on any atom is 0.401 e. The highest BCUT2D eigenvalue weighted by molar-refractivity contribution is 5.68. The van der Waals surface area contributed by atoms with Crippen molar-refractivity contribution in [3.8, 4) is 0 Å². The van der Waals surface area contributed by atoms with E-state index in [0.717, 1.165) is 11.3 Å². The Balaban J connectivity index is 1.71. The largest absolute Gasteiger partial charge is 0.401 e. The van der Waals surface area contributed by atoms with Crippen molar-refractivity contribution < 1.29 is 13.2 Å². The average molecular weight is 285 g/mol. The normalized spacial score (nSPS) is 17.9. The van der Waals surface area contributed by atoms with Gasteiger partial charge in [-0.05, 0) is 6.07 Å². The molecule has 1 saturated heterocycles. The van der Waals surface area contributed by atoms with E-state index in [0.29, 0.717) is 26.2 Å². The van der Waals surface area contributed by atoms with Gasteiger partial charge in [0.1, 0.15) is 5.52 Å². The van der Waals surface area contributed by atoms with E-state index in [1.165, 1.54) is 4.90 Å². The molecule has 0 saturated carbocycles. The number of piperazine rings is 1. The minimum absolute atomic E-state index is 0.385. The SMILES string of the molecule is FC(F)(F)CN1CCN(c2nccn3nccc23)CC1. The Morgan fingerprint density at radius 2 is 1.85 bits per heavy atom. The molecule has 0 bridgehead atoms. The second-order valence-corrected chi connectivity index (χ2v) is 4.79. The lowest BCUT2D eigenvalue weighted by Crippen LogP contribution is -2.49. The predicted octanol–water partition coefficient (Wildman–Crippen LogP) is 1.41. The van der Waals surface area contributed by atoms with Crippen LogP contribution in [-0.2, 0) is 0 Å². The summed E-state index contributed by atoms with van der Waals surface area (Å²) in [6, 6.07) is 1.85. The Morgan fingerprint density at radius 3 is 2.55 bits per heavy atom. The number of aromatic nitrogens is 3. The van der Waals surface area contributed by atoms with Gasteiger partial charge in [-0.2, -0.15) is 18.3 Å². The van der Waals surface area contributed by atoms with Crippen LogP contribution in [0.3, 0.4) is 0 Å². The zero-order valence-corrected chi connectivity index (χ0v) is 10.7. The molecule has 5 nitrogen and oxygen atoms in total. The first-order valence-electron chi connectivity index (χ1n) is 6.35. The van der Waals surface area contributed by atoms with E-state index in [4.69, 9.17) is 0 Å². The van der Waals surface area contributed by atoms with Gasteiger partial charge in [-0.15, -0.1) is 0 Å². The van der Waals surface area contributed by atoms with Gasteiger partial charge in [0, 0.05) is 38.6 Å². The van der Waals surface area contributed by atoms with Crippen molar-refractivity contribution in [1.29, 1.82) is 0 Å². The van der Waals surface area contributed by atoms with Crippen LogP contribution in [0, 0.1) is 0 Å². The van der Waals surface area contributed by atoms with Crippen LogP contribution >= 0.6 is 0 Å². The number of hydrogen-bond acceptors (Lipinski definition) is 4. The van der Waals surface area contributed by atoms with E-state index in [-0.39, 0.29) is 0 Å². The number of anilines is 1. The second kappa shape index (κ2) is 4.93. The van der Waals surface area contributed by atoms with Crippen LogP contribution in [0.2, 0.25) is 0 Å². The summed E-state index contributed by atoms with van der Waals surface area (Å²) in [6.45, 7) is 1.000. The highest BCUT2D eigenvalue weighted by Gasteiger charge is 2.32. The van der Waals surface area contributed by atoms with E-state index in [9.17, 15) is 13.2 Å². The van der Waals surface area contributed by atoms with E-state index in [1.54, 1.807) is 23.1 Å². The average Bonchev–Trinajstić information content (AvgIpc) is 2.86. The van der Waals surface area contributed by atoms with Crippen LogP contribution < -0.4 is 4.90 Å². The van der Waals surface area contributed by atoms with Crippen molar-refractivity contribution in [1.82, 2.24) is 19.5 Å². The summed E-state index contributed by atoms with van der Waals surface area (Å²) in [5.74, 6) is 0.775. The lowest BCUT2D eigenvalue weighted by atomic mass is 10.3. The summed E-state index contributed by atoms with van der Waals surface area (Å²) >= 11 is 0. The molecule has 0 unspecified atom stereocenters. The van der Waals surface area contributed by atoms with Crippen LogP contribution in [0.15, 0.2) is 24.7 Å². The highest BCUT2D eigenvalue weighted by Crippen LogP contribution is 2.21. The number of alkyl halides is 3. The van der Waals surface area contributed by atoms with Crippen molar-refractivity contribution in [2.24, 2.45) is 0 Å². The minimum Gasteiger partial charge on any atom is -0.352 e. The number of fused-ring (bicyclic) bond motifs is 1. The molecular formula is C12H14F3N5. The Morgan fingerprint density at radius 1 is 1.10 bits per heavy atom. The summed E-state index contributed by atoms with van der Waals surface area (Å²) in [5.41, 5.74) is 0.872. The fraction of sp³-hybridized carbons (Fsp3) is 0.500. The molecule has 2 aromatic heterocycles. The first-order valence-corrected chi connectivity index (χ1v) is 6.35. The van der Waals surface area contributed by atoms with Gasteiger partial charge < -0.3 is 4.90 Å². The monoisotopic (exact) mass is 285 g/mol. The molecule has 8 heteroatoms. The Kier molecular flexibility index (Phi) is 3.25. The minimum atomic E-state index is -4.13. The number of halogens is 3. The van der Waals surface area contributed by atoms with Gasteiger partial charge in [-0.1, -0.05) is 0 Å². The smallest absolute Gasteiger partial charge is 0.352 e. The van der Waals surface area contributed by atoms with Crippen LogP contribution in [-0.4, -0.2) is 58.4 Å². The maximum atomic E-state index is 12.3. The molecule has 20 heavy (non-hydrogen) atoms. The molecule has 3 heterocycles. The van der Waals surface area contributed by atoms with Crippen molar-refractivity contribution in [3.05, 3.63) is 24.7 Å². The molecule has 0 aromatic carbocycles. The standard InChI is InChI=1S/C12H14F3N5/c13-12(14,15)9-18-5-7-19(8-6-18)11-10-1-2-17-20(10)4-3-16-11/h1-4H,5-9H2. The molecule has 108 valence electrons. The van der Waals surface area contributed by atoms with Gasteiger partial charge in [0.15, 0.2) is 5.82 Å². The van der Waals surface area contributed by atoms with E-state index >= 15 is 0 Å².